The summed E-state index contributed by atoms with van der Waals surface area (Å²) in [5.41, 5.74) is 15.6. The normalized spacial score (nSPS) is 12.4. The summed E-state index contributed by atoms with van der Waals surface area (Å²) in [6.07, 6.45) is 6.69. The number of rotatable bonds is 6. The maximum Gasteiger partial charge on any atom is 0.160 e. The lowest BCUT2D eigenvalue weighted by atomic mass is 9.86. The summed E-state index contributed by atoms with van der Waals surface area (Å²) in [5.74, 6) is 0.715. The molecule has 12 rings (SSSR count). The number of aromatic nitrogens is 3. The molecule has 0 saturated carbocycles. The number of allylic oxidation sites excluding steroid dienone is 1. The second-order valence-corrected chi connectivity index (χ2v) is 16.9. The van der Waals surface area contributed by atoms with Gasteiger partial charge in [0.25, 0.3) is 0 Å². The van der Waals surface area contributed by atoms with Crippen LogP contribution in [-0.2, 0) is 6.42 Å². The number of fused-ring (bicyclic) bond motifs is 8. The van der Waals surface area contributed by atoms with Gasteiger partial charge in [-0.15, -0.1) is 11.3 Å². The molecular weight excluding hydrogens is 759 g/mol. The minimum Gasteiger partial charge on any atom is -0.246 e. The van der Waals surface area contributed by atoms with Gasteiger partial charge in [0.05, 0.1) is 27.3 Å². The Kier molecular flexibility index (Phi) is 8.50. The van der Waals surface area contributed by atoms with Gasteiger partial charge in [-0.2, -0.15) is 0 Å². The topological polar surface area (TPSA) is 38.7 Å². The van der Waals surface area contributed by atoms with E-state index >= 15 is 0 Å². The molecule has 0 N–H and O–H groups in total. The van der Waals surface area contributed by atoms with Gasteiger partial charge in [0.15, 0.2) is 5.82 Å². The van der Waals surface area contributed by atoms with Gasteiger partial charge in [-0.3, -0.25) is 0 Å². The highest BCUT2D eigenvalue weighted by Gasteiger charge is 2.22. The van der Waals surface area contributed by atoms with E-state index in [1.807, 2.05) is 47.7 Å². The van der Waals surface area contributed by atoms with Crippen molar-refractivity contribution in [2.24, 2.45) is 0 Å². The molecule has 286 valence electrons. The number of thiophene rings is 1. The highest BCUT2D eigenvalue weighted by molar-refractivity contribution is 7.26. The van der Waals surface area contributed by atoms with Crippen molar-refractivity contribution in [2.45, 2.75) is 12.8 Å². The van der Waals surface area contributed by atoms with Crippen molar-refractivity contribution in [2.75, 3.05) is 0 Å². The molecule has 3 heterocycles. The third-order valence-electron chi connectivity index (χ3n) is 12.1. The van der Waals surface area contributed by atoms with E-state index in [1.165, 1.54) is 53.0 Å². The SMILES string of the molecule is C1=Cc2c(c(-c3nc4cc(-c5cccc(-c6ccc(-c7cc(-c8ccccc8)nc(-c8ccccc8)n7)cc6)c5)ccc4c4c3sc3ccccc34)cc3ccccc23)CC1. The minimum atomic E-state index is 0.715. The van der Waals surface area contributed by atoms with Crippen LogP contribution >= 0.6 is 11.3 Å². The molecule has 61 heavy (non-hydrogen) atoms. The van der Waals surface area contributed by atoms with E-state index in [0.717, 1.165) is 74.4 Å². The lowest BCUT2D eigenvalue weighted by molar-refractivity contribution is 0.991. The molecule has 0 aliphatic heterocycles. The molecule has 8 aromatic carbocycles. The fourth-order valence-corrected chi connectivity index (χ4v) is 10.4. The Balaban J connectivity index is 0.950. The first-order valence-corrected chi connectivity index (χ1v) is 21.7. The third kappa shape index (κ3) is 6.23. The molecule has 0 bridgehead atoms. The molecule has 3 nitrogen and oxygen atoms in total. The molecule has 1 aliphatic carbocycles. The molecule has 0 spiro atoms. The summed E-state index contributed by atoms with van der Waals surface area (Å²) in [6.45, 7) is 0. The first-order chi connectivity index (χ1) is 30.2. The van der Waals surface area contributed by atoms with E-state index in [1.54, 1.807) is 0 Å². The van der Waals surface area contributed by atoms with Crippen molar-refractivity contribution in [1.29, 1.82) is 0 Å². The van der Waals surface area contributed by atoms with Crippen LogP contribution in [0.5, 0.6) is 0 Å². The number of benzene rings is 8. The van der Waals surface area contributed by atoms with Crippen LogP contribution in [0.2, 0.25) is 0 Å². The summed E-state index contributed by atoms with van der Waals surface area (Å²) < 4.78 is 2.55. The van der Waals surface area contributed by atoms with E-state index < -0.39 is 0 Å². The Bertz CT molecular complexity index is 3460. The number of pyridine rings is 1. The predicted octanol–water partition coefficient (Wildman–Crippen LogP) is 15.5. The maximum absolute atomic E-state index is 5.62. The highest BCUT2D eigenvalue weighted by atomic mass is 32.1. The van der Waals surface area contributed by atoms with Crippen molar-refractivity contribution < 1.29 is 0 Å². The Morgan fingerprint density at radius 3 is 1.87 bits per heavy atom. The van der Waals surface area contributed by atoms with Gasteiger partial charge in [-0.1, -0.05) is 170 Å². The van der Waals surface area contributed by atoms with Crippen LogP contribution in [0.15, 0.2) is 194 Å². The van der Waals surface area contributed by atoms with E-state index in [9.17, 15) is 0 Å². The van der Waals surface area contributed by atoms with Crippen LogP contribution in [-0.4, -0.2) is 15.0 Å². The summed E-state index contributed by atoms with van der Waals surface area (Å²) in [6, 6.07) is 67.1. The van der Waals surface area contributed by atoms with E-state index in [-0.39, 0.29) is 0 Å². The summed E-state index contributed by atoms with van der Waals surface area (Å²) in [7, 11) is 0. The van der Waals surface area contributed by atoms with Gasteiger partial charge in [-0.25, -0.2) is 15.0 Å². The molecule has 3 aromatic heterocycles. The third-order valence-corrected chi connectivity index (χ3v) is 13.3. The molecule has 0 radical (unpaired) electrons. The van der Waals surface area contributed by atoms with Crippen molar-refractivity contribution >= 4 is 59.3 Å². The lowest BCUT2D eigenvalue weighted by Crippen LogP contribution is -2.00. The number of nitrogens with zero attached hydrogens (tertiary/aromatic N) is 3. The lowest BCUT2D eigenvalue weighted by Gasteiger charge is -2.19. The highest BCUT2D eigenvalue weighted by Crippen LogP contribution is 2.46. The van der Waals surface area contributed by atoms with Crippen molar-refractivity contribution in [3.63, 3.8) is 0 Å². The van der Waals surface area contributed by atoms with Gasteiger partial charge >= 0.3 is 0 Å². The van der Waals surface area contributed by atoms with E-state index in [2.05, 4.69) is 164 Å². The quantitative estimate of drug-likeness (QED) is 0.168. The first-order valence-electron chi connectivity index (χ1n) is 20.9. The first kappa shape index (κ1) is 35.4. The van der Waals surface area contributed by atoms with Gasteiger partial charge in [0.2, 0.25) is 0 Å². The second kappa shape index (κ2) is 14.6. The molecule has 0 unspecified atom stereocenters. The zero-order chi connectivity index (χ0) is 40.3. The van der Waals surface area contributed by atoms with Crippen molar-refractivity contribution in [1.82, 2.24) is 15.0 Å². The van der Waals surface area contributed by atoms with Gasteiger partial charge in [0.1, 0.15) is 0 Å². The van der Waals surface area contributed by atoms with E-state index in [0.29, 0.717) is 5.82 Å². The average molecular weight is 796 g/mol. The Morgan fingerprint density at radius 1 is 0.443 bits per heavy atom. The predicted molar refractivity (Wildman–Crippen MR) is 258 cm³/mol. The Hall–Kier alpha value is -7.53. The van der Waals surface area contributed by atoms with E-state index in [4.69, 9.17) is 15.0 Å². The molecule has 4 heteroatoms. The smallest absolute Gasteiger partial charge is 0.160 e. The van der Waals surface area contributed by atoms with Crippen LogP contribution in [0.25, 0.3) is 115 Å². The second-order valence-electron chi connectivity index (χ2n) is 15.8. The largest absolute Gasteiger partial charge is 0.246 e. The monoisotopic (exact) mass is 795 g/mol. The van der Waals surface area contributed by atoms with Crippen molar-refractivity contribution in [3.05, 3.63) is 205 Å². The summed E-state index contributed by atoms with van der Waals surface area (Å²) >= 11 is 1.87. The molecule has 0 fully saturated rings. The molecule has 0 saturated heterocycles. The Morgan fingerprint density at radius 2 is 1.07 bits per heavy atom. The van der Waals surface area contributed by atoms with Crippen LogP contribution in [0.1, 0.15) is 17.5 Å². The van der Waals surface area contributed by atoms with Gasteiger partial charge in [-0.05, 0) is 87.3 Å². The van der Waals surface area contributed by atoms with Crippen LogP contribution in [0.3, 0.4) is 0 Å². The minimum absolute atomic E-state index is 0.715. The van der Waals surface area contributed by atoms with Crippen LogP contribution in [0.4, 0.5) is 0 Å². The summed E-state index contributed by atoms with van der Waals surface area (Å²) in [4.78, 5) is 15.6. The standard InChI is InChI=1S/C57H37N3S/c1-3-14-37(15-4-1)50-35-51(60-57(59-50)39-16-5-2-6-17-39)38-28-26-36(27-29-38)40-19-13-20-41(32-40)42-30-31-47-52(34-42)58-55(56-54(47)48-24-11-12-25-53(48)61-56)49-33-43-18-7-8-21-44(43)45-22-9-10-23-46(45)49/h1-9,11-22,24-35H,10,23H2. The maximum atomic E-state index is 5.62. The molecule has 1 aliphatic rings. The zero-order valence-electron chi connectivity index (χ0n) is 33.2. The fraction of sp³-hybridized carbons (Fsp3) is 0.0351. The molecular formula is C57H37N3S. The summed E-state index contributed by atoms with van der Waals surface area (Å²) in [5, 5.41) is 6.34. The van der Waals surface area contributed by atoms with Crippen molar-refractivity contribution in [3.8, 4) is 67.4 Å². The Labute approximate surface area is 358 Å². The van der Waals surface area contributed by atoms with Crippen LogP contribution < -0.4 is 0 Å². The number of hydrogen-bond donors (Lipinski definition) is 0. The molecule has 0 atom stereocenters. The van der Waals surface area contributed by atoms with Gasteiger partial charge < -0.3 is 0 Å². The number of hydrogen-bond acceptors (Lipinski definition) is 4. The average Bonchev–Trinajstić information content (AvgIpc) is 3.74. The zero-order valence-corrected chi connectivity index (χ0v) is 34.0. The molecule has 0 amide bonds. The molecule has 11 aromatic rings. The fourth-order valence-electron chi connectivity index (χ4n) is 9.15. The van der Waals surface area contributed by atoms with Gasteiger partial charge in [0, 0.05) is 43.1 Å². The van der Waals surface area contributed by atoms with Crippen LogP contribution in [0, 0.1) is 0 Å².